The number of hydrogen-bond donors (Lipinski definition) is 1. The average molecular weight is 280 g/mol. The van der Waals surface area contributed by atoms with E-state index in [1.807, 2.05) is 23.1 Å². The lowest BCUT2D eigenvalue weighted by Crippen LogP contribution is -2.45. The molecule has 1 aromatic heterocycles. The van der Waals surface area contributed by atoms with Crippen molar-refractivity contribution in [3.8, 4) is 0 Å². The lowest BCUT2D eigenvalue weighted by atomic mass is 9.83. The predicted octanol–water partition coefficient (Wildman–Crippen LogP) is 3.69. The van der Waals surface area contributed by atoms with Crippen LogP contribution in [0.15, 0.2) is 22.5 Å². The molecule has 0 aromatic carbocycles. The van der Waals surface area contributed by atoms with Crippen LogP contribution in [0.5, 0.6) is 0 Å². The summed E-state index contributed by atoms with van der Waals surface area (Å²) < 4.78 is 0. The van der Waals surface area contributed by atoms with E-state index in [2.05, 4.69) is 22.8 Å². The van der Waals surface area contributed by atoms with Crippen LogP contribution in [0, 0.1) is 0 Å². The van der Waals surface area contributed by atoms with E-state index in [0.717, 1.165) is 13.0 Å². The topological polar surface area (TPSA) is 24.4 Å². The van der Waals surface area contributed by atoms with Crippen LogP contribution in [0.1, 0.15) is 37.0 Å². The summed E-state index contributed by atoms with van der Waals surface area (Å²) in [6, 6.07) is 4.31. The van der Waals surface area contributed by atoms with Crippen LogP contribution in [0.25, 0.3) is 0 Å². The third kappa shape index (κ3) is 2.91. The third-order valence-electron chi connectivity index (χ3n) is 3.86. The van der Waals surface area contributed by atoms with Crippen molar-refractivity contribution in [3.63, 3.8) is 0 Å². The molecule has 0 bridgehead atoms. The van der Waals surface area contributed by atoms with Crippen LogP contribution < -0.4 is 5.32 Å². The molecule has 1 spiro atoms. The fourth-order valence-electron chi connectivity index (χ4n) is 2.81. The first-order valence-corrected chi connectivity index (χ1v) is 8.71. The van der Waals surface area contributed by atoms with Crippen molar-refractivity contribution in [1.29, 1.82) is 0 Å². The minimum atomic E-state index is 0.394. The van der Waals surface area contributed by atoms with Crippen molar-refractivity contribution in [1.82, 2.24) is 5.32 Å². The van der Waals surface area contributed by atoms with Gasteiger partial charge in [0.1, 0.15) is 0 Å². The number of thiophene rings is 1. The summed E-state index contributed by atoms with van der Waals surface area (Å²) in [6.45, 7) is 0.923. The van der Waals surface area contributed by atoms with Gasteiger partial charge in [0.25, 0.3) is 0 Å². The number of rotatable bonds is 3. The highest BCUT2D eigenvalue weighted by Gasteiger charge is 2.37. The second-order valence-corrected chi connectivity index (χ2v) is 7.27. The molecule has 1 saturated carbocycles. The monoisotopic (exact) mass is 280 g/mol. The van der Waals surface area contributed by atoms with Gasteiger partial charge in [0.05, 0.1) is 0 Å². The standard InChI is InChI=1S/C14H20N2S2/c1-2-7-14(8-3-1)11-18-13(16-14)15-9-6-12-5-4-10-17-12/h4-5,10H,1-3,6-9,11H2,(H,15,16). The van der Waals surface area contributed by atoms with Gasteiger partial charge in [-0.1, -0.05) is 37.1 Å². The van der Waals surface area contributed by atoms with Gasteiger partial charge in [-0.25, -0.2) is 0 Å². The van der Waals surface area contributed by atoms with Crippen LogP contribution in [0.4, 0.5) is 0 Å². The highest BCUT2D eigenvalue weighted by atomic mass is 32.2. The Morgan fingerprint density at radius 3 is 2.94 bits per heavy atom. The molecule has 0 atom stereocenters. The molecule has 0 radical (unpaired) electrons. The van der Waals surface area contributed by atoms with E-state index < -0.39 is 0 Å². The van der Waals surface area contributed by atoms with Gasteiger partial charge < -0.3 is 5.32 Å². The van der Waals surface area contributed by atoms with Gasteiger partial charge in [0, 0.05) is 29.1 Å². The molecular formula is C14H20N2S2. The zero-order chi connectivity index (χ0) is 12.3. The molecule has 1 N–H and O–H groups in total. The minimum Gasteiger partial charge on any atom is -0.359 e. The van der Waals surface area contributed by atoms with Gasteiger partial charge >= 0.3 is 0 Å². The first-order chi connectivity index (χ1) is 8.86. The predicted molar refractivity (Wildman–Crippen MR) is 81.7 cm³/mol. The molecule has 2 aliphatic rings. The summed E-state index contributed by atoms with van der Waals surface area (Å²) >= 11 is 3.76. The number of nitrogens with zero attached hydrogens (tertiary/aromatic N) is 1. The van der Waals surface area contributed by atoms with Gasteiger partial charge in [-0.05, 0) is 24.3 Å². The Hall–Kier alpha value is -0.480. The second kappa shape index (κ2) is 5.66. The Labute approximate surface area is 117 Å². The fourth-order valence-corrected chi connectivity index (χ4v) is 4.75. The maximum Gasteiger partial charge on any atom is 0.157 e. The molecular weight excluding hydrogens is 260 g/mol. The van der Waals surface area contributed by atoms with Crippen LogP contribution in [0.2, 0.25) is 0 Å². The molecule has 0 amide bonds. The Bertz CT molecular complexity index is 405. The van der Waals surface area contributed by atoms with Crippen molar-refractivity contribution in [3.05, 3.63) is 22.4 Å². The molecule has 1 aliphatic carbocycles. The van der Waals surface area contributed by atoms with Gasteiger partial charge in [0.15, 0.2) is 5.17 Å². The lowest BCUT2D eigenvalue weighted by molar-refractivity contribution is 0.303. The number of hydrogen-bond acceptors (Lipinski definition) is 3. The zero-order valence-corrected chi connectivity index (χ0v) is 12.3. The summed E-state index contributed by atoms with van der Waals surface area (Å²) in [6.07, 6.45) is 7.94. The molecule has 1 aromatic rings. The van der Waals surface area contributed by atoms with E-state index in [9.17, 15) is 0 Å². The highest BCUT2D eigenvalue weighted by Crippen LogP contribution is 2.36. The van der Waals surface area contributed by atoms with E-state index in [-0.39, 0.29) is 0 Å². The summed E-state index contributed by atoms with van der Waals surface area (Å²) in [7, 11) is 0. The average Bonchev–Trinajstić information content (AvgIpc) is 3.02. The van der Waals surface area contributed by atoms with E-state index in [1.165, 1.54) is 47.9 Å². The molecule has 2 nitrogen and oxygen atoms in total. The second-order valence-electron chi connectivity index (χ2n) is 5.27. The molecule has 2 fully saturated rings. The van der Waals surface area contributed by atoms with Crippen molar-refractivity contribution >= 4 is 28.3 Å². The Morgan fingerprint density at radius 2 is 2.17 bits per heavy atom. The normalized spacial score (nSPS) is 24.6. The third-order valence-corrected chi connectivity index (χ3v) is 6.00. The number of amidine groups is 1. The van der Waals surface area contributed by atoms with Crippen molar-refractivity contribution in [2.24, 2.45) is 4.99 Å². The summed E-state index contributed by atoms with van der Waals surface area (Å²) in [5.41, 5.74) is 0.394. The van der Waals surface area contributed by atoms with Gasteiger partial charge in [-0.2, -0.15) is 0 Å². The first kappa shape index (κ1) is 12.5. The smallest absolute Gasteiger partial charge is 0.157 e. The first-order valence-electron chi connectivity index (χ1n) is 6.84. The summed E-state index contributed by atoms with van der Waals surface area (Å²) in [4.78, 5) is 6.16. The number of thioether (sulfide) groups is 1. The molecule has 2 heterocycles. The molecule has 98 valence electrons. The molecule has 1 saturated heterocycles. The Balaban J connectivity index is 1.51. The van der Waals surface area contributed by atoms with Crippen molar-refractivity contribution in [2.75, 3.05) is 12.3 Å². The summed E-state index contributed by atoms with van der Waals surface area (Å²) in [5, 5.41) is 7.03. The number of nitrogens with one attached hydrogen (secondary N) is 1. The molecule has 4 heteroatoms. The molecule has 3 rings (SSSR count). The number of aliphatic imine (C=N–C) groups is 1. The Morgan fingerprint density at radius 1 is 1.28 bits per heavy atom. The quantitative estimate of drug-likeness (QED) is 0.913. The SMILES string of the molecule is c1csc(CCN=C2NC3(CCCCC3)CS2)c1. The van der Waals surface area contributed by atoms with Crippen LogP contribution >= 0.6 is 23.1 Å². The van der Waals surface area contributed by atoms with Crippen molar-refractivity contribution in [2.45, 2.75) is 44.1 Å². The largest absolute Gasteiger partial charge is 0.359 e. The highest BCUT2D eigenvalue weighted by molar-refractivity contribution is 8.14. The minimum absolute atomic E-state index is 0.394. The zero-order valence-electron chi connectivity index (χ0n) is 10.7. The van der Waals surface area contributed by atoms with E-state index in [1.54, 1.807) is 0 Å². The Kier molecular flexibility index (Phi) is 3.94. The maximum atomic E-state index is 4.72. The van der Waals surface area contributed by atoms with Gasteiger partial charge in [0.2, 0.25) is 0 Å². The maximum absolute atomic E-state index is 4.72. The molecule has 1 aliphatic heterocycles. The van der Waals surface area contributed by atoms with Crippen molar-refractivity contribution < 1.29 is 0 Å². The summed E-state index contributed by atoms with van der Waals surface area (Å²) in [5.74, 6) is 1.23. The van der Waals surface area contributed by atoms with Crippen LogP contribution in [-0.4, -0.2) is 23.0 Å². The molecule has 18 heavy (non-hydrogen) atoms. The van der Waals surface area contributed by atoms with Crippen LogP contribution in [-0.2, 0) is 6.42 Å². The van der Waals surface area contributed by atoms with E-state index in [0.29, 0.717) is 5.54 Å². The van der Waals surface area contributed by atoms with Crippen LogP contribution in [0.3, 0.4) is 0 Å². The van der Waals surface area contributed by atoms with Gasteiger partial charge in [-0.15, -0.1) is 11.3 Å². The fraction of sp³-hybridized carbons (Fsp3) is 0.643. The van der Waals surface area contributed by atoms with E-state index >= 15 is 0 Å². The molecule has 0 unspecified atom stereocenters. The lowest BCUT2D eigenvalue weighted by Gasteiger charge is -2.32. The van der Waals surface area contributed by atoms with E-state index in [4.69, 9.17) is 4.99 Å². The van der Waals surface area contributed by atoms with Gasteiger partial charge in [-0.3, -0.25) is 4.99 Å².